The average Bonchev–Trinajstić information content (AvgIpc) is 2.06. The van der Waals surface area contributed by atoms with Crippen molar-refractivity contribution in [2.45, 2.75) is 51.1 Å². The molecule has 0 radical (unpaired) electrons. The van der Waals surface area contributed by atoms with Gasteiger partial charge in [0.25, 0.3) is 0 Å². The summed E-state index contributed by atoms with van der Waals surface area (Å²) in [6, 6.07) is 0. The van der Waals surface area contributed by atoms with E-state index >= 15 is 0 Å². The van der Waals surface area contributed by atoms with Crippen molar-refractivity contribution in [2.75, 3.05) is 0 Å². The van der Waals surface area contributed by atoms with Gasteiger partial charge in [-0.3, -0.25) is 0 Å². The first-order valence-electron chi connectivity index (χ1n) is 5.02. The first-order chi connectivity index (χ1) is 5.38. The first kappa shape index (κ1) is 7.57. The van der Waals surface area contributed by atoms with Crippen LogP contribution in [0.2, 0.25) is 0 Å². The molecular formula is C10H17F. The van der Waals surface area contributed by atoms with E-state index in [1.807, 2.05) is 0 Å². The monoisotopic (exact) mass is 156 g/mol. The van der Waals surface area contributed by atoms with Crippen LogP contribution in [0.1, 0.15) is 44.9 Å². The highest BCUT2D eigenvalue weighted by atomic mass is 19.1. The fourth-order valence-electron chi connectivity index (χ4n) is 2.86. The topological polar surface area (TPSA) is 0 Å². The predicted molar refractivity (Wildman–Crippen MR) is 44.2 cm³/mol. The Kier molecular flexibility index (Phi) is 2.15. The Morgan fingerprint density at radius 3 is 2.36 bits per heavy atom. The van der Waals surface area contributed by atoms with Crippen LogP contribution < -0.4 is 0 Å². The molecule has 3 atom stereocenters. The van der Waals surface area contributed by atoms with Gasteiger partial charge in [0.1, 0.15) is 6.17 Å². The molecule has 0 spiro atoms. The van der Waals surface area contributed by atoms with Crippen molar-refractivity contribution in [3.8, 4) is 0 Å². The molecule has 2 fully saturated rings. The van der Waals surface area contributed by atoms with Gasteiger partial charge in [-0.05, 0) is 31.1 Å². The van der Waals surface area contributed by atoms with E-state index in [9.17, 15) is 4.39 Å². The van der Waals surface area contributed by atoms with Gasteiger partial charge in [-0.1, -0.05) is 25.7 Å². The van der Waals surface area contributed by atoms with Crippen LogP contribution in [0.4, 0.5) is 4.39 Å². The summed E-state index contributed by atoms with van der Waals surface area (Å²) in [6.45, 7) is 0. The lowest BCUT2D eigenvalue weighted by Gasteiger charge is -2.37. The zero-order valence-corrected chi connectivity index (χ0v) is 7.06. The summed E-state index contributed by atoms with van der Waals surface area (Å²) in [5.74, 6) is 1.21. The molecule has 1 heteroatoms. The minimum Gasteiger partial charge on any atom is -0.247 e. The second-order valence-corrected chi connectivity index (χ2v) is 4.16. The summed E-state index contributed by atoms with van der Waals surface area (Å²) in [4.78, 5) is 0. The zero-order valence-electron chi connectivity index (χ0n) is 7.06. The normalized spacial score (nSPS) is 45.0. The summed E-state index contributed by atoms with van der Waals surface area (Å²) < 4.78 is 13.3. The highest BCUT2D eigenvalue weighted by molar-refractivity contribution is 4.84. The maximum atomic E-state index is 13.3. The molecular weight excluding hydrogens is 139 g/mol. The lowest BCUT2D eigenvalue weighted by Crippen LogP contribution is -2.31. The molecule has 0 aliphatic heterocycles. The Labute approximate surface area is 68.2 Å². The summed E-state index contributed by atoms with van der Waals surface area (Å²) in [7, 11) is 0. The van der Waals surface area contributed by atoms with E-state index in [0.29, 0.717) is 5.92 Å². The van der Waals surface area contributed by atoms with E-state index in [1.165, 1.54) is 32.1 Å². The van der Waals surface area contributed by atoms with Crippen molar-refractivity contribution in [1.82, 2.24) is 0 Å². The van der Waals surface area contributed by atoms with E-state index in [-0.39, 0.29) is 0 Å². The molecule has 11 heavy (non-hydrogen) atoms. The third kappa shape index (κ3) is 1.43. The summed E-state index contributed by atoms with van der Waals surface area (Å²) in [5, 5.41) is 0. The number of fused-ring (bicyclic) bond motifs is 1. The Balaban J connectivity index is 1.99. The highest BCUT2D eigenvalue weighted by Crippen LogP contribution is 2.41. The van der Waals surface area contributed by atoms with Crippen LogP contribution in [0.15, 0.2) is 0 Å². The maximum Gasteiger partial charge on any atom is 0.103 e. The van der Waals surface area contributed by atoms with Gasteiger partial charge in [-0.15, -0.1) is 0 Å². The molecule has 0 bridgehead atoms. The highest BCUT2D eigenvalue weighted by Gasteiger charge is 2.34. The van der Waals surface area contributed by atoms with Gasteiger partial charge in [0.05, 0.1) is 0 Å². The van der Waals surface area contributed by atoms with Crippen LogP contribution in [0.5, 0.6) is 0 Å². The van der Waals surface area contributed by atoms with Crippen molar-refractivity contribution < 1.29 is 4.39 Å². The lowest BCUT2D eigenvalue weighted by molar-refractivity contribution is 0.0717. The first-order valence-corrected chi connectivity index (χ1v) is 5.02. The standard InChI is InChI=1S/C10H17F/c11-10-7-3-5-8-4-1-2-6-9(8)10/h8-10H,1-7H2/t8-,9-,10+/m1/s1. The molecule has 2 aliphatic rings. The summed E-state index contributed by atoms with van der Waals surface area (Å²) in [6.07, 6.45) is 7.97. The molecule has 0 saturated heterocycles. The van der Waals surface area contributed by atoms with E-state index < -0.39 is 6.17 Å². The zero-order chi connectivity index (χ0) is 7.68. The molecule has 2 rings (SSSR count). The molecule has 0 aromatic rings. The lowest BCUT2D eigenvalue weighted by atomic mass is 9.70. The van der Waals surface area contributed by atoms with Crippen molar-refractivity contribution >= 4 is 0 Å². The number of halogens is 1. The van der Waals surface area contributed by atoms with E-state index in [0.717, 1.165) is 18.8 Å². The third-order valence-corrected chi connectivity index (χ3v) is 3.49. The molecule has 64 valence electrons. The van der Waals surface area contributed by atoms with Gasteiger partial charge >= 0.3 is 0 Å². The Bertz CT molecular complexity index is 131. The average molecular weight is 156 g/mol. The van der Waals surface area contributed by atoms with Crippen molar-refractivity contribution in [1.29, 1.82) is 0 Å². The molecule has 0 amide bonds. The number of rotatable bonds is 0. The predicted octanol–water partition coefficient (Wildman–Crippen LogP) is 3.31. The number of alkyl halides is 1. The van der Waals surface area contributed by atoms with Gasteiger partial charge in [0.15, 0.2) is 0 Å². The van der Waals surface area contributed by atoms with Gasteiger partial charge in [0.2, 0.25) is 0 Å². The Morgan fingerprint density at radius 1 is 0.818 bits per heavy atom. The van der Waals surface area contributed by atoms with Crippen LogP contribution in [-0.4, -0.2) is 6.17 Å². The second kappa shape index (κ2) is 3.12. The fraction of sp³-hybridized carbons (Fsp3) is 1.00. The van der Waals surface area contributed by atoms with Gasteiger partial charge in [-0.2, -0.15) is 0 Å². The number of hydrogen-bond acceptors (Lipinski definition) is 0. The van der Waals surface area contributed by atoms with E-state index in [4.69, 9.17) is 0 Å². The summed E-state index contributed by atoms with van der Waals surface area (Å²) >= 11 is 0. The van der Waals surface area contributed by atoms with Crippen LogP contribution in [0.3, 0.4) is 0 Å². The quantitative estimate of drug-likeness (QED) is 0.504. The third-order valence-electron chi connectivity index (χ3n) is 3.49. The van der Waals surface area contributed by atoms with Crippen LogP contribution in [-0.2, 0) is 0 Å². The van der Waals surface area contributed by atoms with E-state index in [1.54, 1.807) is 0 Å². The van der Waals surface area contributed by atoms with Crippen LogP contribution in [0, 0.1) is 11.8 Å². The van der Waals surface area contributed by atoms with Gasteiger partial charge in [-0.25, -0.2) is 4.39 Å². The fourth-order valence-corrected chi connectivity index (χ4v) is 2.86. The SMILES string of the molecule is F[C@H]1CCC[C@H]2CCCC[C@H]21. The van der Waals surface area contributed by atoms with Crippen LogP contribution >= 0.6 is 0 Å². The summed E-state index contributed by atoms with van der Waals surface area (Å²) in [5.41, 5.74) is 0. The molecule has 2 aliphatic carbocycles. The van der Waals surface area contributed by atoms with Crippen LogP contribution in [0.25, 0.3) is 0 Å². The molecule has 0 nitrogen and oxygen atoms in total. The van der Waals surface area contributed by atoms with Gasteiger partial charge < -0.3 is 0 Å². The van der Waals surface area contributed by atoms with Crippen molar-refractivity contribution in [3.05, 3.63) is 0 Å². The molecule has 2 saturated carbocycles. The minimum atomic E-state index is -0.450. The second-order valence-electron chi connectivity index (χ2n) is 4.16. The largest absolute Gasteiger partial charge is 0.247 e. The smallest absolute Gasteiger partial charge is 0.103 e. The maximum absolute atomic E-state index is 13.3. The molecule has 0 heterocycles. The molecule has 0 unspecified atom stereocenters. The molecule has 0 N–H and O–H groups in total. The Morgan fingerprint density at radius 2 is 1.55 bits per heavy atom. The van der Waals surface area contributed by atoms with E-state index in [2.05, 4.69) is 0 Å². The molecule has 0 aromatic carbocycles. The van der Waals surface area contributed by atoms with Crippen molar-refractivity contribution in [3.63, 3.8) is 0 Å². The number of hydrogen-bond donors (Lipinski definition) is 0. The molecule has 0 aromatic heterocycles. The van der Waals surface area contributed by atoms with Gasteiger partial charge in [0, 0.05) is 0 Å². The Hall–Kier alpha value is -0.0700. The minimum absolute atomic E-state index is 0.450. The van der Waals surface area contributed by atoms with Crippen molar-refractivity contribution in [2.24, 2.45) is 11.8 Å².